The minimum atomic E-state index is -0.174. The van der Waals surface area contributed by atoms with Crippen LogP contribution in [0.4, 0.5) is 11.4 Å². The van der Waals surface area contributed by atoms with Crippen LogP contribution in [-0.4, -0.2) is 23.2 Å². The second-order valence-electron chi connectivity index (χ2n) is 4.58. The minimum Gasteiger partial charge on any atom is -0.399 e. The van der Waals surface area contributed by atoms with Crippen LogP contribution in [-0.2, 0) is 0 Å². The topological polar surface area (TPSA) is 83.0 Å². The van der Waals surface area contributed by atoms with Gasteiger partial charge in [0.1, 0.15) is 11.8 Å². The summed E-state index contributed by atoms with van der Waals surface area (Å²) in [5.74, 6) is 0.658. The summed E-state index contributed by atoms with van der Waals surface area (Å²) in [6.45, 7) is 0.613. The van der Waals surface area contributed by atoms with E-state index in [1.165, 1.54) is 6.20 Å². The number of carbonyl (C=O) groups is 1. The van der Waals surface area contributed by atoms with Gasteiger partial charge in [0.05, 0.1) is 11.3 Å². The average Bonchev–Trinajstić information content (AvgIpc) is 2.53. The zero-order valence-electron chi connectivity index (χ0n) is 11.1. The van der Waals surface area contributed by atoms with E-state index in [2.05, 4.69) is 4.98 Å². The van der Waals surface area contributed by atoms with Crippen molar-refractivity contribution < 1.29 is 4.79 Å². The van der Waals surface area contributed by atoms with Gasteiger partial charge in [-0.1, -0.05) is 0 Å². The van der Waals surface area contributed by atoms with Gasteiger partial charge in [-0.25, -0.2) is 4.98 Å². The van der Waals surface area contributed by atoms with Gasteiger partial charge in [0.25, 0.3) is 5.91 Å². The first-order valence-electron chi connectivity index (χ1n) is 6.39. The normalized spacial score (nSPS) is 13.4. The zero-order chi connectivity index (χ0) is 14.8. The Morgan fingerprint density at radius 1 is 1.38 bits per heavy atom. The van der Waals surface area contributed by atoms with Gasteiger partial charge in [-0.15, -0.1) is 11.8 Å². The first-order valence-corrected chi connectivity index (χ1v) is 7.38. The molecule has 0 bridgehead atoms. The molecule has 1 aromatic heterocycles. The maximum atomic E-state index is 12.6. The lowest BCUT2D eigenvalue weighted by atomic mass is 10.2. The van der Waals surface area contributed by atoms with Gasteiger partial charge in [-0.2, -0.15) is 5.26 Å². The molecule has 1 amide bonds. The number of rotatable bonds is 1. The van der Waals surface area contributed by atoms with E-state index in [-0.39, 0.29) is 5.91 Å². The number of aromatic nitrogens is 1. The van der Waals surface area contributed by atoms with Gasteiger partial charge < -0.3 is 10.6 Å². The predicted octanol–water partition coefficient (Wildman–Crippen LogP) is 2.29. The smallest absolute Gasteiger partial charge is 0.276 e. The Balaban J connectivity index is 1.96. The number of nitrogen functional groups attached to an aromatic ring is 1. The summed E-state index contributed by atoms with van der Waals surface area (Å²) >= 11 is 1.71. The van der Waals surface area contributed by atoms with E-state index >= 15 is 0 Å². The van der Waals surface area contributed by atoms with Crippen LogP contribution in [0.25, 0.3) is 0 Å². The summed E-state index contributed by atoms with van der Waals surface area (Å²) in [7, 11) is 0. The third-order valence-corrected chi connectivity index (χ3v) is 4.25. The van der Waals surface area contributed by atoms with Crippen LogP contribution < -0.4 is 10.6 Å². The highest BCUT2D eigenvalue weighted by Crippen LogP contribution is 2.36. The maximum absolute atomic E-state index is 12.6. The molecule has 0 aliphatic carbocycles. The molecule has 0 saturated carbocycles. The van der Waals surface area contributed by atoms with Gasteiger partial charge in [0.15, 0.2) is 0 Å². The van der Waals surface area contributed by atoms with Gasteiger partial charge >= 0.3 is 0 Å². The first-order chi connectivity index (χ1) is 10.2. The van der Waals surface area contributed by atoms with E-state index < -0.39 is 0 Å². The molecule has 2 heterocycles. The van der Waals surface area contributed by atoms with Crippen molar-refractivity contribution >= 4 is 29.0 Å². The number of nitrogens with two attached hydrogens (primary N) is 1. The Morgan fingerprint density at radius 3 is 2.95 bits per heavy atom. The Kier molecular flexibility index (Phi) is 3.50. The highest BCUT2D eigenvalue weighted by molar-refractivity contribution is 7.99. The van der Waals surface area contributed by atoms with Crippen LogP contribution in [0.1, 0.15) is 16.1 Å². The van der Waals surface area contributed by atoms with E-state index in [4.69, 9.17) is 11.0 Å². The number of amides is 1. The molecule has 1 aromatic carbocycles. The molecule has 2 aromatic rings. The zero-order valence-corrected chi connectivity index (χ0v) is 11.9. The number of thioether (sulfide) groups is 1. The van der Waals surface area contributed by atoms with Gasteiger partial charge in [0, 0.05) is 29.1 Å². The van der Waals surface area contributed by atoms with Crippen molar-refractivity contribution in [1.29, 1.82) is 5.26 Å². The number of anilines is 2. The quantitative estimate of drug-likeness (QED) is 0.816. The minimum absolute atomic E-state index is 0.174. The molecule has 2 N–H and O–H groups in total. The Labute approximate surface area is 126 Å². The Bertz CT molecular complexity index is 736. The van der Waals surface area contributed by atoms with Crippen molar-refractivity contribution in [2.45, 2.75) is 4.90 Å². The van der Waals surface area contributed by atoms with Crippen molar-refractivity contribution in [1.82, 2.24) is 4.98 Å². The molecule has 0 fully saturated rings. The number of nitrogens with zero attached hydrogens (tertiary/aromatic N) is 3. The summed E-state index contributed by atoms with van der Waals surface area (Å²) in [6.07, 6.45) is 1.41. The third kappa shape index (κ3) is 2.56. The summed E-state index contributed by atoms with van der Waals surface area (Å²) in [6, 6.07) is 10.7. The number of hydrogen-bond acceptors (Lipinski definition) is 5. The largest absolute Gasteiger partial charge is 0.399 e. The van der Waals surface area contributed by atoms with Crippen molar-refractivity contribution in [3.63, 3.8) is 0 Å². The van der Waals surface area contributed by atoms with Crippen LogP contribution in [0.3, 0.4) is 0 Å². The number of pyridine rings is 1. The van der Waals surface area contributed by atoms with Gasteiger partial charge in [0.2, 0.25) is 0 Å². The number of fused-ring (bicyclic) bond motifs is 1. The first kappa shape index (κ1) is 13.5. The van der Waals surface area contributed by atoms with Crippen LogP contribution in [0.5, 0.6) is 0 Å². The van der Waals surface area contributed by atoms with Crippen molar-refractivity contribution in [2.75, 3.05) is 22.9 Å². The monoisotopic (exact) mass is 296 g/mol. The SMILES string of the molecule is N#Cc1ccc(C(=O)N2CCSc3ccc(N)cc32)nc1. The van der Waals surface area contributed by atoms with E-state index in [1.807, 2.05) is 24.3 Å². The summed E-state index contributed by atoms with van der Waals surface area (Å²) in [5.41, 5.74) is 8.03. The fraction of sp³-hybridized carbons (Fsp3) is 0.133. The number of carbonyl (C=O) groups excluding carboxylic acids is 1. The molecule has 1 aliphatic heterocycles. The van der Waals surface area contributed by atoms with E-state index in [0.717, 1.165) is 16.3 Å². The molecule has 0 spiro atoms. The molecule has 21 heavy (non-hydrogen) atoms. The molecule has 0 saturated heterocycles. The summed E-state index contributed by atoms with van der Waals surface area (Å²) in [5, 5.41) is 8.77. The van der Waals surface area contributed by atoms with Gasteiger partial charge in [-0.05, 0) is 30.3 Å². The molecular formula is C15H12N4OS. The predicted molar refractivity (Wildman–Crippen MR) is 82.2 cm³/mol. The van der Waals surface area contributed by atoms with E-state index in [0.29, 0.717) is 23.5 Å². The van der Waals surface area contributed by atoms with E-state index in [9.17, 15) is 4.79 Å². The molecule has 5 nitrogen and oxygen atoms in total. The van der Waals surface area contributed by atoms with E-state index in [1.54, 1.807) is 28.8 Å². The standard InChI is InChI=1S/C15H12N4OS/c16-8-10-1-3-12(18-9-10)15(20)19-5-6-21-14-4-2-11(17)7-13(14)19/h1-4,7,9H,5-6,17H2. The fourth-order valence-corrected chi connectivity index (χ4v) is 3.15. The molecule has 1 aliphatic rings. The lowest BCUT2D eigenvalue weighted by Crippen LogP contribution is -2.36. The molecular weight excluding hydrogens is 284 g/mol. The maximum Gasteiger partial charge on any atom is 0.276 e. The number of nitriles is 1. The second kappa shape index (κ2) is 5.46. The molecule has 0 radical (unpaired) electrons. The Morgan fingerprint density at radius 2 is 2.24 bits per heavy atom. The van der Waals surface area contributed by atoms with Crippen LogP contribution in [0, 0.1) is 11.3 Å². The number of benzene rings is 1. The number of hydrogen-bond donors (Lipinski definition) is 1. The highest BCUT2D eigenvalue weighted by atomic mass is 32.2. The fourth-order valence-electron chi connectivity index (χ4n) is 2.17. The second-order valence-corrected chi connectivity index (χ2v) is 5.71. The summed E-state index contributed by atoms with van der Waals surface area (Å²) < 4.78 is 0. The van der Waals surface area contributed by atoms with Crippen LogP contribution in [0.15, 0.2) is 41.4 Å². The Hall–Kier alpha value is -2.52. The lowest BCUT2D eigenvalue weighted by molar-refractivity contribution is 0.0983. The molecule has 0 atom stereocenters. The molecule has 6 heteroatoms. The van der Waals surface area contributed by atoms with Crippen molar-refractivity contribution in [2.24, 2.45) is 0 Å². The summed E-state index contributed by atoms with van der Waals surface area (Å²) in [4.78, 5) is 19.4. The third-order valence-electron chi connectivity index (χ3n) is 3.20. The highest BCUT2D eigenvalue weighted by Gasteiger charge is 2.25. The molecule has 3 rings (SSSR count). The molecule has 0 unspecified atom stereocenters. The van der Waals surface area contributed by atoms with Gasteiger partial charge in [-0.3, -0.25) is 4.79 Å². The average molecular weight is 296 g/mol. The van der Waals surface area contributed by atoms with Crippen LogP contribution >= 0.6 is 11.8 Å². The lowest BCUT2D eigenvalue weighted by Gasteiger charge is -2.29. The van der Waals surface area contributed by atoms with Crippen molar-refractivity contribution in [3.8, 4) is 6.07 Å². The van der Waals surface area contributed by atoms with Crippen molar-refractivity contribution in [3.05, 3.63) is 47.8 Å². The van der Waals surface area contributed by atoms with Crippen LogP contribution in [0.2, 0.25) is 0 Å². The molecule has 104 valence electrons.